The van der Waals surface area contributed by atoms with Gasteiger partial charge in [-0.3, -0.25) is 10.1 Å². The first-order valence-corrected chi connectivity index (χ1v) is 14.7. The highest BCUT2D eigenvalue weighted by Crippen LogP contribution is 2.51. The molecular formula is C30H32N6O4S. The highest BCUT2D eigenvalue weighted by molar-refractivity contribution is 8.01. The van der Waals surface area contributed by atoms with Crippen LogP contribution in [-0.4, -0.2) is 71.8 Å². The van der Waals surface area contributed by atoms with Crippen LogP contribution in [0.2, 0.25) is 0 Å². The van der Waals surface area contributed by atoms with Crippen molar-refractivity contribution in [2.75, 3.05) is 39.9 Å². The summed E-state index contributed by atoms with van der Waals surface area (Å²) in [7, 11) is 1.65. The Balaban J connectivity index is 1.46. The number of thioether (sulfide) groups is 1. The average molecular weight is 573 g/mol. The van der Waals surface area contributed by atoms with Gasteiger partial charge in [0, 0.05) is 49.4 Å². The van der Waals surface area contributed by atoms with E-state index in [-0.39, 0.29) is 21.9 Å². The molecule has 41 heavy (non-hydrogen) atoms. The zero-order chi connectivity index (χ0) is 28.5. The number of benzene rings is 2. The summed E-state index contributed by atoms with van der Waals surface area (Å²) in [6, 6.07) is 14.5. The molecule has 0 amide bonds. The molecule has 0 radical (unpaired) electrons. The van der Waals surface area contributed by atoms with Crippen LogP contribution < -0.4 is 10.1 Å². The van der Waals surface area contributed by atoms with Crippen molar-refractivity contribution in [1.29, 1.82) is 0 Å². The Morgan fingerprint density at radius 3 is 2.51 bits per heavy atom. The van der Waals surface area contributed by atoms with E-state index in [4.69, 9.17) is 24.4 Å². The molecule has 2 unspecified atom stereocenters. The minimum atomic E-state index is -0.374. The van der Waals surface area contributed by atoms with Crippen molar-refractivity contribution in [3.05, 3.63) is 80.9 Å². The minimum Gasteiger partial charge on any atom is -0.497 e. The maximum atomic E-state index is 11.2. The smallest absolute Gasteiger partial charge is 0.269 e. The van der Waals surface area contributed by atoms with E-state index in [1.165, 1.54) is 0 Å². The van der Waals surface area contributed by atoms with Crippen LogP contribution in [0.5, 0.6) is 5.75 Å². The molecule has 212 valence electrons. The number of nitro groups is 1. The van der Waals surface area contributed by atoms with E-state index in [2.05, 4.69) is 17.1 Å². The van der Waals surface area contributed by atoms with Crippen LogP contribution in [0.25, 0.3) is 11.3 Å². The number of piperazine rings is 1. The van der Waals surface area contributed by atoms with Gasteiger partial charge in [-0.2, -0.15) is 4.99 Å². The van der Waals surface area contributed by atoms with Gasteiger partial charge in [0.1, 0.15) is 22.1 Å². The monoisotopic (exact) mass is 572 g/mol. The lowest BCUT2D eigenvalue weighted by Crippen LogP contribution is -2.47. The van der Waals surface area contributed by atoms with E-state index < -0.39 is 0 Å². The number of ether oxygens (including phenoxy) is 2. The van der Waals surface area contributed by atoms with Crippen molar-refractivity contribution >= 4 is 29.3 Å². The number of fused-ring (bicyclic) bond motifs is 3. The Labute approximate surface area is 243 Å². The fourth-order valence-electron chi connectivity index (χ4n) is 5.56. The van der Waals surface area contributed by atoms with Crippen molar-refractivity contribution < 1.29 is 14.4 Å². The molecule has 3 aliphatic rings. The van der Waals surface area contributed by atoms with E-state index in [0.717, 1.165) is 76.4 Å². The van der Waals surface area contributed by atoms with Crippen molar-refractivity contribution in [3.63, 3.8) is 0 Å². The molecular weight excluding hydrogens is 540 g/mol. The van der Waals surface area contributed by atoms with Crippen molar-refractivity contribution in [3.8, 4) is 17.0 Å². The summed E-state index contributed by atoms with van der Waals surface area (Å²) in [4.78, 5) is 28.4. The highest BCUT2D eigenvalue weighted by atomic mass is 32.2. The Morgan fingerprint density at radius 1 is 1.12 bits per heavy atom. The zero-order valence-corrected chi connectivity index (χ0v) is 24.1. The summed E-state index contributed by atoms with van der Waals surface area (Å²) in [6.45, 7) is 8.13. The first-order chi connectivity index (χ1) is 20.0. The Morgan fingerprint density at radius 2 is 1.85 bits per heavy atom. The molecule has 3 aliphatic heterocycles. The molecule has 2 aromatic carbocycles. The van der Waals surface area contributed by atoms with Gasteiger partial charge >= 0.3 is 0 Å². The summed E-state index contributed by atoms with van der Waals surface area (Å²) in [5.74, 6) is 2.20. The molecule has 1 aromatic heterocycles. The normalized spacial score (nSPS) is 19.6. The number of rotatable bonds is 6. The fraction of sp³-hybridized carbons (Fsp3) is 0.367. The van der Waals surface area contributed by atoms with Crippen molar-refractivity contribution in [2.24, 2.45) is 9.98 Å². The van der Waals surface area contributed by atoms with Gasteiger partial charge in [-0.15, -0.1) is 0 Å². The summed E-state index contributed by atoms with van der Waals surface area (Å²) in [5, 5.41) is 15.5. The topological polar surface area (TPSA) is 114 Å². The van der Waals surface area contributed by atoms with Crippen LogP contribution in [0.3, 0.4) is 0 Å². The lowest BCUT2D eigenvalue weighted by atomic mass is 9.90. The zero-order valence-electron chi connectivity index (χ0n) is 23.3. The quantitative estimate of drug-likeness (QED) is 0.331. The number of guanidine groups is 1. The van der Waals surface area contributed by atoms with Gasteiger partial charge < -0.3 is 19.7 Å². The number of aromatic nitrogens is 1. The summed E-state index contributed by atoms with van der Waals surface area (Å²) >= 11 is 1.66. The van der Waals surface area contributed by atoms with Crippen molar-refractivity contribution in [1.82, 2.24) is 15.2 Å². The van der Waals surface area contributed by atoms with Gasteiger partial charge in [-0.25, -0.2) is 9.98 Å². The van der Waals surface area contributed by atoms with E-state index in [1.807, 2.05) is 43.3 Å². The number of pyridine rings is 1. The van der Waals surface area contributed by atoms with E-state index in [1.54, 1.807) is 31.0 Å². The Hall–Kier alpha value is -3.96. The standard InChI is InChI=1S/C30H32N6O4S/c1-4-40-28-27-26(33-30(34-28)35-15-13-31-14-16-35)24-18(2)23(17-19-5-9-21(10-6-19)36(37)38)25(32-29(24)41-27)20-7-11-22(39-3)12-8-20/h5-12,26-27,31H,4,13-17H2,1-3H3. The molecule has 6 rings (SSSR count). The van der Waals surface area contributed by atoms with Crippen LogP contribution in [0, 0.1) is 17.0 Å². The molecule has 0 spiro atoms. The summed E-state index contributed by atoms with van der Waals surface area (Å²) < 4.78 is 11.5. The third-order valence-electron chi connectivity index (χ3n) is 7.70. The molecule has 1 saturated heterocycles. The molecule has 1 fully saturated rings. The van der Waals surface area contributed by atoms with E-state index in [9.17, 15) is 10.1 Å². The van der Waals surface area contributed by atoms with Gasteiger partial charge in [0.05, 0.1) is 24.3 Å². The molecule has 0 aliphatic carbocycles. The van der Waals surface area contributed by atoms with Crippen LogP contribution >= 0.6 is 11.8 Å². The number of methoxy groups -OCH3 is 1. The Kier molecular flexibility index (Phi) is 7.63. The lowest BCUT2D eigenvalue weighted by molar-refractivity contribution is -0.384. The van der Waals surface area contributed by atoms with Crippen LogP contribution in [0.4, 0.5) is 5.69 Å². The minimum absolute atomic E-state index is 0.0758. The number of nitrogens with one attached hydrogen (secondary N) is 1. The first kappa shape index (κ1) is 27.2. The first-order valence-electron chi connectivity index (χ1n) is 13.8. The molecule has 10 nitrogen and oxygen atoms in total. The average Bonchev–Trinajstić information content (AvgIpc) is 3.38. The van der Waals surface area contributed by atoms with E-state index in [0.29, 0.717) is 18.9 Å². The second-order valence-corrected chi connectivity index (χ2v) is 11.3. The number of aliphatic imine (C=N–C) groups is 2. The van der Waals surface area contributed by atoms with E-state index >= 15 is 0 Å². The summed E-state index contributed by atoms with van der Waals surface area (Å²) in [5.41, 5.74) is 6.22. The predicted molar refractivity (Wildman–Crippen MR) is 160 cm³/mol. The van der Waals surface area contributed by atoms with Gasteiger partial charge in [-0.05, 0) is 61.2 Å². The van der Waals surface area contributed by atoms with Crippen LogP contribution in [0.1, 0.15) is 35.2 Å². The number of hydrogen-bond donors (Lipinski definition) is 1. The highest BCUT2D eigenvalue weighted by Gasteiger charge is 2.44. The van der Waals surface area contributed by atoms with Gasteiger partial charge in [0.15, 0.2) is 0 Å². The maximum absolute atomic E-state index is 11.2. The third-order valence-corrected chi connectivity index (χ3v) is 8.95. The van der Waals surface area contributed by atoms with Crippen LogP contribution in [0.15, 0.2) is 63.5 Å². The fourth-order valence-corrected chi connectivity index (χ4v) is 6.89. The van der Waals surface area contributed by atoms with Crippen LogP contribution in [-0.2, 0) is 11.2 Å². The number of non-ortho nitro benzene ring substituents is 1. The summed E-state index contributed by atoms with van der Waals surface area (Å²) in [6.07, 6.45) is 0.578. The number of hydrogen-bond acceptors (Lipinski definition) is 10. The number of nitrogens with zero attached hydrogens (tertiary/aromatic N) is 5. The second kappa shape index (κ2) is 11.5. The molecule has 11 heteroatoms. The van der Waals surface area contributed by atoms with Gasteiger partial charge in [-0.1, -0.05) is 23.9 Å². The predicted octanol–water partition coefficient (Wildman–Crippen LogP) is 4.79. The molecule has 4 heterocycles. The maximum Gasteiger partial charge on any atom is 0.269 e. The second-order valence-electron chi connectivity index (χ2n) is 10.1. The number of nitro benzene ring substituents is 1. The van der Waals surface area contributed by atoms with Crippen molar-refractivity contribution in [2.45, 2.75) is 36.6 Å². The molecule has 0 bridgehead atoms. The Bertz CT molecular complexity index is 1520. The largest absolute Gasteiger partial charge is 0.497 e. The lowest BCUT2D eigenvalue weighted by Gasteiger charge is -2.32. The third kappa shape index (κ3) is 5.27. The SMILES string of the molecule is CCOC1=NC(N2CCNCC2)=NC2c3c(nc(-c4ccc(OC)cc4)c(Cc4ccc([N+](=O)[O-])cc4)c3C)SC12. The molecule has 1 N–H and O–H groups in total. The molecule has 0 saturated carbocycles. The molecule has 3 aromatic rings. The van der Waals surface area contributed by atoms with Gasteiger partial charge in [0.25, 0.3) is 5.69 Å². The molecule has 2 atom stereocenters. The van der Waals surface area contributed by atoms with Gasteiger partial charge in [0.2, 0.25) is 11.9 Å².